The van der Waals surface area contributed by atoms with Crippen LogP contribution in [-0.4, -0.2) is 20.2 Å². The van der Waals surface area contributed by atoms with E-state index < -0.39 is 0 Å². The van der Waals surface area contributed by atoms with Gasteiger partial charge in [0.15, 0.2) is 0 Å². The molecule has 1 saturated carbocycles. The summed E-state index contributed by atoms with van der Waals surface area (Å²) in [4.78, 5) is 0. The maximum atomic E-state index is 5.18. The van der Waals surface area contributed by atoms with Gasteiger partial charge in [-0.1, -0.05) is 25.0 Å². The Morgan fingerprint density at radius 1 is 1.22 bits per heavy atom. The zero-order valence-electron chi connectivity index (χ0n) is 11.6. The monoisotopic (exact) mass is 247 g/mol. The molecule has 2 unspecified atom stereocenters. The predicted octanol–water partition coefficient (Wildman–Crippen LogP) is 3.41. The van der Waals surface area contributed by atoms with Gasteiger partial charge in [-0.25, -0.2) is 0 Å². The molecule has 0 bridgehead atoms. The minimum absolute atomic E-state index is 0.750. The second-order valence-corrected chi connectivity index (χ2v) is 5.40. The summed E-state index contributed by atoms with van der Waals surface area (Å²) in [5.41, 5.74) is 1.43. The summed E-state index contributed by atoms with van der Waals surface area (Å²) >= 11 is 0. The summed E-state index contributed by atoms with van der Waals surface area (Å²) in [6.07, 6.45) is 8.03. The van der Waals surface area contributed by atoms with E-state index in [9.17, 15) is 0 Å². The average Bonchev–Trinajstić information content (AvgIpc) is 2.46. The van der Waals surface area contributed by atoms with E-state index in [-0.39, 0.29) is 0 Å². The molecule has 1 aliphatic rings. The molecular weight excluding hydrogens is 222 g/mol. The van der Waals surface area contributed by atoms with E-state index in [1.807, 2.05) is 0 Å². The van der Waals surface area contributed by atoms with Crippen LogP contribution >= 0.6 is 0 Å². The molecule has 2 rings (SSSR count). The number of nitrogens with one attached hydrogen (secondary N) is 1. The van der Waals surface area contributed by atoms with Crippen LogP contribution in [0.1, 0.15) is 37.7 Å². The number of methoxy groups -OCH3 is 1. The number of rotatable bonds is 5. The minimum Gasteiger partial charge on any atom is -0.497 e. The zero-order chi connectivity index (χ0) is 12.8. The summed E-state index contributed by atoms with van der Waals surface area (Å²) in [6, 6.07) is 9.26. The van der Waals surface area contributed by atoms with Gasteiger partial charge in [0.1, 0.15) is 5.75 Å². The molecule has 1 aromatic rings. The van der Waals surface area contributed by atoms with Gasteiger partial charge >= 0.3 is 0 Å². The van der Waals surface area contributed by atoms with E-state index in [1.165, 1.54) is 44.1 Å². The highest BCUT2D eigenvalue weighted by Gasteiger charge is 2.20. The maximum absolute atomic E-state index is 5.18. The fourth-order valence-corrected chi connectivity index (χ4v) is 2.98. The Kier molecular flexibility index (Phi) is 5.06. The molecule has 0 radical (unpaired) electrons. The SMILES string of the molecule is CNC1CCCC(CCc2ccc(OC)cc2)C1. The lowest BCUT2D eigenvalue weighted by Gasteiger charge is -2.28. The van der Waals surface area contributed by atoms with Gasteiger partial charge in [-0.2, -0.15) is 0 Å². The number of aryl methyl sites for hydroxylation is 1. The van der Waals surface area contributed by atoms with Crippen molar-refractivity contribution < 1.29 is 4.74 Å². The van der Waals surface area contributed by atoms with Gasteiger partial charge in [0.25, 0.3) is 0 Å². The fourth-order valence-electron chi connectivity index (χ4n) is 2.98. The molecule has 18 heavy (non-hydrogen) atoms. The molecule has 1 fully saturated rings. The van der Waals surface area contributed by atoms with Gasteiger partial charge in [-0.05, 0) is 56.3 Å². The van der Waals surface area contributed by atoms with Gasteiger partial charge in [0.2, 0.25) is 0 Å². The Balaban J connectivity index is 1.79. The van der Waals surface area contributed by atoms with Crippen LogP contribution < -0.4 is 10.1 Å². The van der Waals surface area contributed by atoms with Crippen LogP contribution in [0, 0.1) is 5.92 Å². The van der Waals surface area contributed by atoms with Crippen molar-refractivity contribution in [1.29, 1.82) is 0 Å². The largest absolute Gasteiger partial charge is 0.497 e. The van der Waals surface area contributed by atoms with Crippen molar-refractivity contribution >= 4 is 0 Å². The standard InChI is InChI=1S/C16H25NO/c1-17-15-5-3-4-14(12-15)7-6-13-8-10-16(18-2)11-9-13/h8-11,14-15,17H,3-7,12H2,1-2H3. The van der Waals surface area contributed by atoms with Gasteiger partial charge in [-0.3, -0.25) is 0 Å². The van der Waals surface area contributed by atoms with Crippen molar-refractivity contribution in [2.24, 2.45) is 5.92 Å². The first-order chi connectivity index (χ1) is 8.81. The van der Waals surface area contributed by atoms with E-state index in [0.717, 1.165) is 17.7 Å². The van der Waals surface area contributed by atoms with E-state index in [2.05, 4.69) is 36.6 Å². The summed E-state index contributed by atoms with van der Waals surface area (Å²) in [7, 11) is 3.81. The minimum atomic E-state index is 0.750. The van der Waals surface area contributed by atoms with E-state index >= 15 is 0 Å². The topological polar surface area (TPSA) is 21.3 Å². The van der Waals surface area contributed by atoms with Gasteiger partial charge in [0.05, 0.1) is 7.11 Å². The van der Waals surface area contributed by atoms with Crippen LogP contribution in [0.25, 0.3) is 0 Å². The summed E-state index contributed by atoms with van der Waals surface area (Å²) in [6.45, 7) is 0. The number of benzene rings is 1. The van der Waals surface area contributed by atoms with Crippen molar-refractivity contribution in [3.05, 3.63) is 29.8 Å². The molecule has 100 valence electrons. The Bertz CT molecular complexity index is 347. The van der Waals surface area contributed by atoms with Crippen LogP contribution in [0.2, 0.25) is 0 Å². The zero-order valence-corrected chi connectivity index (χ0v) is 11.6. The highest BCUT2D eigenvalue weighted by molar-refractivity contribution is 5.27. The van der Waals surface area contributed by atoms with E-state index in [0.29, 0.717) is 0 Å². The van der Waals surface area contributed by atoms with E-state index in [4.69, 9.17) is 4.74 Å². The molecule has 1 N–H and O–H groups in total. The maximum Gasteiger partial charge on any atom is 0.118 e. The summed E-state index contributed by atoms with van der Waals surface area (Å²) in [5, 5.41) is 3.43. The van der Waals surface area contributed by atoms with Gasteiger partial charge in [0, 0.05) is 6.04 Å². The van der Waals surface area contributed by atoms with Crippen LogP contribution in [0.5, 0.6) is 5.75 Å². The Hall–Kier alpha value is -1.02. The molecule has 1 aromatic carbocycles. The molecule has 0 aromatic heterocycles. The van der Waals surface area contributed by atoms with Gasteiger partial charge < -0.3 is 10.1 Å². The molecular formula is C16H25NO. The average molecular weight is 247 g/mol. The fraction of sp³-hybridized carbons (Fsp3) is 0.625. The Morgan fingerprint density at radius 2 is 2.00 bits per heavy atom. The number of hydrogen-bond donors (Lipinski definition) is 1. The van der Waals surface area contributed by atoms with Crippen molar-refractivity contribution in [2.45, 2.75) is 44.6 Å². The van der Waals surface area contributed by atoms with Crippen LogP contribution in [0.3, 0.4) is 0 Å². The smallest absolute Gasteiger partial charge is 0.118 e. The third-order valence-electron chi connectivity index (χ3n) is 4.19. The molecule has 0 spiro atoms. The lowest BCUT2D eigenvalue weighted by Crippen LogP contribution is -2.31. The highest BCUT2D eigenvalue weighted by atomic mass is 16.5. The number of ether oxygens (including phenoxy) is 1. The van der Waals surface area contributed by atoms with Crippen LogP contribution in [0.4, 0.5) is 0 Å². The first-order valence-corrected chi connectivity index (χ1v) is 7.12. The van der Waals surface area contributed by atoms with Crippen molar-refractivity contribution in [3.8, 4) is 5.75 Å². The molecule has 0 amide bonds. The van der Waals surface area contributed by atoms with Crippen LogP contribution in [0.15, 0.2) is 24.3 Å². The van der Waals surface area contributed by atoms with E-state index in [1.54, 1.807) is 7.11 Å². The third kappa shape index (κ3) is 3.74. The molecule has 2 atom stereocenters. The van der Waals surface area contributed by atoms with Crippen LogP contribution in [-0.2, 0) is 6.42 Å². The quantitative estimate of drug-likeness (QED) is 0.861. The second-order valence-electron chi connectivity index (χ2n) is 5.40. The highest BCUT2D eigenvalue weighted by Crippen LogP contribution is 2.28. The van der Waals surface area contributed by atoms with Crippen molar-refractivity contribution in [2.75, 3.05) is 14.2 Å². The number of hydrogen-bond acceptors (Lipinski definition) is 2. The third-order valence-corrected chi connectivity index (χ3v) is 4.19. The Morgan fingerprint density at radius 3 is 2.67 bits per heavy atom. The summed E-state index contributed by atoms with van der Waals surface area (Å²) in [5.74, 6) is 1.85. The Labute approximate surface area is 111 Å². The van der Waals surface area contributed by atoms with Gasteiger partial charge in [-0.15, -0.1) is 0 Å². The molecule has 2 nitrogen and oxygen atoms in total. The molecule has 2 heteroatoms. The normalized spacial score (nSPS) is 23.9. The van der Waals surface area contributed by atoms with Crippen molar-refractivity contribution in [3.63, 3.8) is 0 Å². The molecule has 0 saturated heterocycles. The lowest BCUT2D eigenvalue weighted by molar-refractivity contribution is 0.282. The first-order valence-electron chi connectivity index (χ1n) is 7.12. The second kappa shape index (κ2) is 6.79. The molecule has 1 aliphatic carbocycles. The summed E-state index contributed by atoms with van der Waals surface area (Å²) < 4.78 is 5.18. The van der Waals surface area contributed by atoms with Crippen molar-refractivity contribution in [1.82, 2.24) is 5.32 Å². The lowest BCUT2D eigenvalue weighted by atomic mass is 9.82. The molecule has 0 aliphatic heterocycles. The first kappa shape index (κ1) is 13.4. The predicted molar refractivity (Wildman–Crippen MR) is 76.1 cm³/mol. The molecule has 0 heterocycles.